The maximum Gasteiger partial charge on any atom is 0.243 e. The molecular weight excluding hydrogens is 202 g/mol. The van der Waals surface area contributed by atoms with Crippen molar-refractivity contribution in [2.75, 3.05) is 13.2 Å². The fourth-order valence-electron chi connectivity index (χ4n) is 1.24. The van der Waals surface area contributed by atoms with Crippen molar-refractivity contribution in [2.24, 2.45) is 0 Å². The van der Waals surface area contributed by atoms with Gasteiger partial charge in [0.05, 0.1) is 0 Å². The Bertz CT molecular complexity index is 333. The van der Waals surface area contributed by atoms with Gasteiger partial charge in [-0.05, 0) is 24.5 Å². The molecule has 0 bridgehead atoms. The number of carbonyl (C=O) groups excluding carboxylic acids is 1. The Hall–Kier alpha value is -1.61. The number of aliphatic hydroxyl groups excluding tert-OH is 1. The summed E-state index contributed by atoms with van der Waals surface area (Å²) in [6.07, 6.45) is 4.83. The summed E-state index contributed by atoms with van der Waals surface area (Å²) >= 11 is 0. The minimum absolute atomic E-state index is 0.0956. The highest BCUT2D eigenvalue weighted by Crippen LogP contribution is 2.00. The molecule has 2 N–H and O–H groups in total. The molecule has 0 heterocycles. The Labute approximate surface area is 95.8 Å². The van der Waals surface area contributed by atoms with Crippen molar-refractivity contribution < 1.29 is 9.90 Å². The number of amides is 1. The van der Waals surface area contributed by atoms with E-state index in [-0.39, 0.29) is 12.5 Å². The van der Waals surface area contributed by atoms with Gasteiger partial charge in [0.15, 0.2) is 0 Å². The molecule has 0 saturated heterocycles. The molecule has 0 radical (unpaired) electrons. The van der Waals surface area contributed by atoms with Crippen LogP contribution in [-0.4, -0.2) is 24.2 Å². The van der Waals surface area contributed by atoms with Gasteiger partial charge in [0.2, 0.25) is 5.91 Å². The molecule has 0 fully saturated rings. The largest absolute Gasteiger partial charge is 0.396 e. The summed E-state index contributed by atoms with van der Waals surface area (Å²) in [6.45, 7) is 0.786. The monoisotopic (exact) mass is 219 g/mol. The number of hydrogen-bond donors (Lipinski definition) is 2. The van der Waals surface area contributed by atoms with Crippen molar-refractivity contribution in [1.29, 1.82) is 0 Å². The second kappa shape index (κ2) is 7.65. The van der Waals surface area contributed by atoms with E-state index in [1.165, 1.54) is 6.08 Å². The highest BCUT2D eigenvalue weighted by molar-refractivity contribution is 5.91. The van der Waals surface area contributed by atoms with Crippen molar-refractivity contribution in [3.8, 4) is 0 Å². The van der Waals surface area contributed by atoms with Crippen LogP contribution in [0.3, 0.4) is 0 Å². The van der Waals surface area contributed by atoms with Crippen LogP contribution in [0.2, 0.25) is 0 Å². The first kappa shape index (κ1) is 12.5. The fraction of sp³-hybridized carbons (Fsp3) is 0.308. The molecule has 0 aliphatic carbocycles. The van der Waals surface area contributed by atoms with E-state index in [4.69, 9.17) is 5.11 Å². The molecule has 0 saturated carbocycles. The third-order valence-corrected chi connectivity index (χ3v) is 2.11. The lowest BCUT2D eigenvalue weighted by atomic mass is 10.2. The molecule has 1 amide bonds. The summed E-state index contributed by atoms with van der Waals surface area (Å²) in [6, 6.07) is 9.68. The molecule has 16 heavy (non-hydrogen) atoms. The number of carbonyl (C=O) groups is 1. The van der Waals surface area contributed by atoms with Crippen LogP contribution in [0.1, 0.15) is 18.4 Å². The number of nitrogens with one attached hydrogen (secondary N) is 1. The summed E-state index contributed by atoms with van der Waals surface area (Å²) in [5.41, 5.74) is 1.01. The SMILES string of the molecule is O=C(/C=C/c1ccccc1)NCCCCO. The number of benzene rings is 1. The second-order valence-corrected chi connectivity index (χ2v) is 3.47. The normalized spacial score (nSPS) is 10.6. The van der Waals surface area contributed by atoms with Gasteiger partial charge >= 0.3 is 0 Å². The smallest absolute Gasteiger partial charge is 0.243 e. The van der Waals surface area contributed by atoms with Crippen LogP contribution in [0.5, 0.6) is 0 Å². The van der Waals surface area contributed by atoms with Gasteiger partial charge in [0.25, 0.3) is 0 Å². The van der Waals surface area contributed by atoms with E-state index in [1.54, 1.807) is 6.08 Å². The van der Waals surface area contributed by atoms with Crippen molar-refractivity contribution >= 4 is 12.0 Å². The zero-order chi connectivity index (χ0) is 11.6. The minimum atomic E-state index is -0.0956. The van der Waals surface area contributed by atoms with Gasteiger partial charge in [-0.15, -0.1) is 0 Å². The third-order valence-electron chi connectivity index (χ3n) is 2.11. The first-order valence-electron chi connectivity index (χ1n) is 5.45. The van der Waals surface area contributed by atoms with E-state index in [0.29, 0.717) is 6.54 Å². The number of rotatable bonds is 6. The second-order valence-electron chi connectivity index (χ2n) is 3.47. The topological polar surface area (TPSA) is 49.3 Å². The van der Waals surface area contributed by atoms with Crippen molar-refractivity contribution in [2.45, 2.75) is 12.8 Å². The Balaban J connectivity index is 2.26. The molecule has 0 atom stereocenters. The van der Waals surface area contributed by atoms with Crippen LogP contribution in [0.15, 0.2) is 36.4 Å². The summed E-state index contributed by atoms with van der Waals surface area (Å²) in [5.74, 6) is -0.0956. The molecule has 3 nitrogen and oxygen atoms in total. The highest BCUT2D eigenvalue weighted by Gasteiger charge is 1.93. The van der Waals surface area contributed by atoms with Crippen LogP contribution >= 0.6 is 0 Å². The first-order chi connectivity index (χ1) is 7.83. The molecule has 1 aromatic rings. The van der Waals surface area contributed by atoms with Gasteiger partial charge < -0.3 is 10.4 Å². The summed E-state index contributed by atoms with van der Waals surface area (Å²) in [5, 5.41) is 11.3. The molecular formula is C13H17NO2. The van der Waals surface area contributed by atoms with Gasteiger partial charge in [-0.1, -0.05) is 30.3 Å². The van der Waals surface area contributed by atoms with E-state index >= 15 is 0 Å². The van der Waals surface area contributed by atoms with E-state index in [0.717, 1.165) is 18.4 Å². The van der Waals surface area contributed by atoms with E-state index < -0.39 is 0 Å². The molecule has 0 aromatic heterocycles. The molecule has 0 unspecified atom stereocenters. The lowest BCUT2D eigenvalue weighted by Crippen LogP contribution is -2.22. The molecule has 1 rings (SSSR count). The van der Waals surface area contributed by atoms with Crippen molar-refractivity contribution in [1.82, 2.24) is 5.32 Å². The lowest BCUT2D eigenvalue weighted by molar-refractivity contribution is -0.116. The van der Waals surface area contributed by atoms with Crippen LogP contribution < -0.4 is 5.32 Å². The molecule has 0 spiro atoms. The Morgan fingerprint density at radius 1 is 1.25 bits per heavy atom. The maximum atomic E-state index is 11.3. The zero-order valence-corrected chi connectivity index (χ0v) is 9.23. The van der Waals surface area contributed by atoms with Crippen molar-refractivity contribution in [3.05, 3.63) is 42.0 Å². The summed E-state index contributed by atoms with van der Waals surface area (Å²) < 4.78 is 0. The van der Waals surface area contributed by atoms with E-state index in [2.05, 4.69) is 5.32 Å². The minimum Gasteiger partial charge on any atom is -0.396 e. The van der Waals surface area contributed by atoms with Gasteiger partial charge in [-0.2, -0.15) is 0 Å². The summed E-state index contributed by atoms with van der Waals surface area (Å²) in [7, 11) is 0. The number of aliphatic hydroxyl groups is 1. The molecule has 0 aliphatic rings. The van der Waals surface area contributed by atoms with Gasteiger partial charge in [-0.25, -0.2) is 0 Å². The average Bonchev–Trinajstić information content (AvgIpc) is 2.33. The van der Waals surface area contributed by atoms with Gasteiger partial charge in [-0.3, -0.25) is 4.79 Å². The van der Waals surface area contributed by atoms with Gasteiger partial charge in [0, 0.05) is 19.2 Å². The van der Waals surface area contributed by atoms with Crippen molar-refractivity contribution in [3.63, 3.8) is 0 Å². The van der Waals surface area contributed by atoms with Crippen LogP contribution in [0.25, 0.3) is 6.08 Å². The average molecular weight is 219 g/mol. The lowest BCUT2D eigenvalue weighted by Gasteiger charge is -2.00. The molecule has 3 heteroatoms. The standard InChI is InChI=1S/C13H17NO2/c15-11-5-4-10-14-13(16)9-8-12-6-2-1-3-7-12/h1-3,6-9,15H,4-5,10-11H2,(H,14,16)/b9-8+. The zero-order valence-electron chi connectivity index (χ0n) is 9.23. The predicted molar refractivity (Wildman–Crippen MR) is 64.8 cm³/mol. The fourth-order valence-corrected chi connectivity index (χ4v) is 1.24. The number of unbranched alkanes of at least 4 members (excludes halogenated alkanes) is 1. The van der Waals surface area contributed by atoms with Crippen LogP contribution in [0.4, 0.5) is 0 Å². The van der Waals surface area contributed by atoms with Gasteiger partial charge in [0.1, 0.15) is 0 Å². The third kappa shape index (κ3) is 5.32. The Kier molecular flexibility index (Phi) is 5.96. The molecule has 1 aromatic carbocycles. The maximum absolute atomic E-state index is 11.3. The highest BCUT2D eigenvalue weighted by atomic mass is 16.2. The first-order valence-corrected chi connectivity index (χ1v) is 5.45. The van der Waals surface area contributed by atoms with E-state index in [9.17, 15) is 4.79 Å². The van der Waals surface area contributed by atoms with Crippen LogP contribution in [-0.2, 0) is 4.79 Å². The Morgan fingerprint density at radius 2 is 2.00 bits per heavy atom. The molecule has 86 valence electrons. The summed E-state index contributed by atoms with van der Waals surface area (Å²) in [4.78, 5) is 11.3. The molecule has 0 aliphatic heterocycles. The predicted octanol–water partition coefficient (Wildman–Crippen LogP) is 1.59. The van der Waals surface area contributed by atoms with Crippen LogP contribution in [0, 0.1) is 0 Å². The van der Waals surface area contributed by atoms with E-state index in [1.807, 2.05) is 30.3 Å². The number of hydrogen-bond acceptors (Lipinski definition) is 2. The quantitative estimate of drug-likeness (QED) is 0.564. The Morgan fingerprint density at radius 3 is 2.69 bits per heavy atom.